The monoisotopic (exact) mass is 310 g/mol. The number of hydrogen-bond donors (Lipinski definition) is 0. The Morgan fingerprint density at radius 1 is 1.10 bits per heavy atom. The fourth-order valence-corrected chi connectivity index (χ4v) is 2.69. The minimum absolute atomic E-state index is 0. The Labute approximate surface area is 149 Å². The molecule has 0 unspecified atom stereocenters. The molecule has 0 amide bonds. The Morgan fingerprint density at radius 2 is 1.67 bits per heavy atom. The van der Waals surface area contributed by atoms with Crippen LogP contribution in [-0.4, -0.2) is 5.78 Å². The van der Waals surface area contributed by atoms with Crippen LogP contribution in [-0.2, 0) is 4.57 Å². The number of rotatable bonds is 4. The van der Waals surface area contributed by atoms with Gasteiger partial charge in [0.05, 0.1) is 5.56 Å². The number of para-hydroxylation sites is 1. The third kappa shape index (κ3) is 4.02. The van der Waals surface area contributed by atoms with Crippen molar-refractivity contribution in [1.29, 1.82) is 0 Å². The molecule has 0 aliphatic heterocycles. The maximum atomic E-state index is 12.7. The van der Waals surface area contributed by atoms with E-state index >= 15 is 0 Å². The van der Waals surface area contributed by atoms with Crippen molar-refractivity contribution in [2.45, 2.75) is 20.8 Å². The first kappa shape index (κ1) is 18.1. The summed E-state index contributed by atoms with van der Waals surface area (Å²) < 4.78 is 15.6. The summed E-state index contributed by atoms with van der Waals surface area (Å²) in [6.45, 7) is 5.84. The number of carbonyl (C=O) groups excluding carboxylic acids is 1. The molecule has 21 heavy (non-hydrogen) atoms. The second-order valence-corrected chi connectivity index (χ2v) is 5.10. The van der Waals surface area contributed by atoms with E-state index in [2.05, 4.69) is 0 Å². The topological polar surface area (TPSA) is 43.4 Å². The van der Waals surface area contributed by atoms with Gasteiger partial charge in [-0.3, -0.25) is 4.79 Å². The molecule has 2 rings (SSSR count). The minimum Gasteiger partial charge on any atom is -1.00 e. The summed E-state index contributed by atoms with van der Waals surface area (Å²) in [4.78, 5) is 12.7. The van der Waals surface area contributed by atoms with Gasteiger partial charge in [-0.2, -0.15) is 0 Å². The average molecular weight is 310 g/mol. The second kappa shape index (κ2) is 7.86. The molecule has 0 saturated heterocycles. The van der Waals surface area contributed by atoms with E-state index in [4.69, 9.17) is 4.52 Å². The van der Waals surface area contributed by atoms with Crippen LogP contribution in [0.3, 0.4) is 0 Å². The Kier molecular flexibility index (Phi) is 6.76. The molecular formula is C16H16NaO3P. The molecule has 0 atom stereocenters. The molecule has 0 aromatic heterocycles. The Balaban J connectivity index is 0.00000220. The van der Waals surface area contributed by atoms with Gasteiger partial charge in [0.1, 0.15) is 5.75 Å². The summed E-state index contributed by atoms with van der Waals surface area (Å²) in [6, 6.07) is 10.8. The van der Waals surface area contributed by atoms with E-state index < -0.39 is 8.69 Å². The Hall–Kier alpha value is -0.990. The van der Waals surface area contributed by atoms with Crippen molar-refractivity contribution in [1.82, 2.24) is 0 Å². The summed E-state index contributed by atoms with van der Waals surface area (Å²) in [7, 11) is -0.469. The van der Waals surface area contributed by atoms with Crippen molar-refractivity contribution in [3.63, 3.8) is 0 Å². The molecule has 0 heterocycles. The molecule has 0 fully saturated rings. The number of ketones is 1. The molecule has 0 radical (unpaired) electrons. The number of hydrogen-bond acceptors (Lipinski definition) is 3. The third-order valence-electron chi connectivity index (χ3n) is 3.17. The zero-order chi connectivity index (χ0) is 14.7. The normalized spacial score (nSPS) is 10.0. The van der Waals surface area contributed by atoms with E-state index in [1.807, 2.05) is 32.9 Å². The van der Waals surface area contributed by atoms with Gasteiger partial charge in [-0.05, 0) is 44.0 Å². The molecule has 104 valence electrons. The van der Waals surface area contributed by atoms with Crippen LogP contribution < -0.4 is 34.1 Å². The average Bonchev–Trinajstić information content (AvgIpc) is 2.38. The maximum Gasteiger partial charge on any atom is 1.00 e. The fraction of sp³-hybridized carbons (Fsp3) is 0.188. The van der Waals surface area contributed by atoms with Gasteiger partial charge in [0, 0.05) is 5.56 Å². The first-order chi connectivity index (χ1) is 9.54. The van der Waals surface area contributed by atoms with E-state index in [1.165, 1.54) is 0 Å². The first-order valence-corrected chi connectivity index (χ1v) is 6.99. The molecule has 0 bridgehead atoms. The molecule has 0 aliphatic carbocycles. The van der Waals surface area contributed by atoms with Crippen LogP contribution in [0.4, 0.5) is 0 Å². The molecule has 0 saturated carbocycles. The zero-order valence-electron chi connectivity index (χ0n) is 13.6. The Bertz CT molecular complexity index is 666. The van der Waals surface area contributed by atoms with Crippen molar-refractivity contribution in [3.8, 4) is 5.75 Å². The predicted molar refractivity (Wildman–Crippen MR) is 79.9 cm³/mol. The molecular weight excluding hydrogens is 294 g/mol. The Morgan fingerprint density at radius 3 is 2.24 bits per heavy atom. The standard InChI is InChI=1S/C16H15O3P.Na.H/c1-10-8-11(2)15(12(3)9-10)16(17)13-6-4-5-7-14(13)19-20-18;;/h4-9H,1-3H3;;/q;+1;-1. The summed E-state index contributed by atoms with van der Waals surface area (Å²) in [5.74, 6) is 0.216. The van der Waals surface area contributed by atoms with Gasteiger partial charge in [0.25, 0.3) is 0 Å². The van der Waals surface area contributed by atoms with Crippen LogP contribution >= 0.6 is 8.69 Å². The van der Waals surface area contributed by atoms with E-state index in [-0.39, 0.29) is 36.8 Å². The zero-order valence-corrected chi connectivity index (χ0v) is 15.5. The summed E-state index contributed by atoms with van der Waals surface area (Å²) in [5, 5.41) is 0. The number of carbonyl (C=O) groups is 1. The van der Waals surface area contributed by atoms with Crippen molar-refractivity contribution < 1.29 is 44.9 Å². The number of benzene rings is 2. The van der Waals surface area contributed by atoms with Crippen LogP contribution in [0.5, 0.6) is 5.75 Å². The quantitative estimate of drug-likeness (QED) is 0.489. The summed E-state index contributed by atoms with van der Waals surface area (Å²) >= 11 is 0. The SMILES string of the molecule is Cc1cc(C)c(C(=O)c2ccccc2OP=O)c(C)c1.[H-].[Na+]. The van der Waals surface area contributed by atoms with Crippen molar-refractivity contribution in [2.24, 2.45) is 0 Å². The largest absolute Gasteiger partial charge is 1.00 e. The molecule has 5 heteroatoms. The van der Waals surface area contributed by atoms with Gasteiger partial charge < -0.3 is 5.95 Å². The maximum absolute atomic E-state index is 12.7. The van der Waals surface area contributed by atoms with Crippen molar-refractivity contribution in [3.05, 3.63) is 64.2 Å². The van der Waals surface area contributed by atoms with Crippen LogP contribution in [0, 0.1) is 20.8 Å². The van der Waals surface area contributed by atoms with E-state index in [1.54, 1.807) is 24.3 Å². The van der Waals surface area contributed by atoms with Crippen molar-refractivity contribution in [2.75, 3.05) is 0 Å². The summed E-state index contributed by atoms with van der Waals surface area (Å²) in [6.07, 6.45) is 0. The van der Waals surface area contributed by atoms with Crippen LogP contribution in [0.25, 0.3) is 0 Å². The van der Waals surface area contributed by atoms with Gasteiger partial charge in [0.2, 0.25) is 0 Å². The van der Waals surface area contributed by atoms with E-state index in [0.717, 1.165) is 16.7 Å². The molecule has 0 N–H and O–H groups in total. The van der Waals surface area contributed by atoms with Gasteiger partial charge in [0.15, 0.2) is 5.78 Å². The predicted octanol–water partition coefficient (Wildman–Crippen LogP) is 1.54. The van der Waals surface area contributed by atoms with Crippen LogP contribution in [0.15, 0.2) is 36.4 Å². The van der Waals surface area contributed by atoms with E-state index in [9.17, 15) is 9.36 Å². The number of aryl methyl sites for hydroxylation is 3. The summed E-state index contributed by atoms with van der Waals surface area (Å²) in [5.41, 5.74) is 4.09. The fourth-order valence-electron chi connectivity index (χ4n) is 2.45. The van der Waals surface area contributed by atoms with Crippen molar-refractivity contribution >= 4 is 14.5 Å². The van der Waals surface area contributed by atoms with Gasteiger partial charge in [-0.1, -0.05) is 29.8 Å². The van der Waals surface area contributed by atoms with Crippen LogP contribution in [0.1, 0.15) is 34.0 Å². The van der Waals surface area contributed by atoms with E-state index in [0.29, 0.717) is 16.9 Å². The molecule has 2 aromatic rings. The minimum atomic E-state index is -0.469. The second-order valence-electron chi connectivity index (χ2n) is 4.76. The first-order valence-electron chi connectivity index (χ1n) is 6.26. The van der Waals surface area contributed by atoms with Crippen LogP contribution in [0.2, 0.25) is 0 Å². The van der Waals surface area contributed by atoms with Gasteiger partial charge in [-0.25, -0.2) is 4.57 Å². The molecule has 3 nitrogen and oxygen atoms in total. The molecule has 0 spiro atoms. The smallest absolute Gasteiger partial charge is 1.00 e. The molecule has 2 aromatic carbocycles. The molecule has 0 aliphatic rings. The third-order valence-corrected chi connectivity index (χ3v) is 3.44. The van der Waals surface area contributed by atoms with Gasteiger partial charge in [-0.15, -0.1) is 0 Å². The van der Waals surface area contributed by atoms with Gasteiger partial charge >= 0.3 is 38.2 Å².